The minimum Gasteiger partial charge on any atom is -0.318 e. The van der Waals surface area contributed by atoms with Gasteiger partial charge in [-0.25, -0.2) is 13.2 Å². The molecule has 3 rings (SSSR count). The second-order valence-electron chi connectivity index (χ2n) is 6.58. The van der Waals surface area contributed by atoms with E-state index in [9.17, 15) is 26.4 Å². The highest BCUT2D eigenvalue weighted by molar-refractivity contribution is 7.89. The van der Waals surface area contributed by atoms with Gasteiger partial charge >= 0.3 is 12.1 Å². The predicted octanol–water partition coefficient (Wildman–Crippen LogP) is 3.03. The Hall–Kier alpha value is -2.79. The molecule has 0 amide bonds. The number of pyridine rings is 1. The lowest BCUT2D eigenvalue weighted by Gasteiger charge is -2.26. The van der Waals surface area contributed by atoms with Crippen LogP contribution in [-0.4, -0.2) is 42.5 Å². The molecular weight excluding hydrogens is 423 g/mol. The summed E-state index contributed by atoms with van der Waals surface area (Å²) < 4.78 is 65.0. The number of oxime groups is 1. The third kappa shape index (κ3) is 5.42. The topological polar surface area (TPSA) is 88.9 Å². The Bertz CT molecular complexity index is 1030. The molecule has 0 unspecified atom stereocenters. The minimum atomic E-state index is -4.63. The van der Waals surface area contributed by atoms with E-state index >= 15 is 0 Å². The van der Waals surface area contributed by atoms with Crippen molar-refractivity contribution < 1.29 is 31.2 Å². The van der Waals surface area contributed by atoms with E-state index in [0.29, 0.717) is 11.8 Å². The molecule has 1 fully saturated rings. The molecule has 0 atom stereocenters. The molecule has 0 aliphatic carbocycles. The Balaban J connectivity index is 1.59. The molecule has 0 bridgehead atoms. The monoisotopic (exact) mass is 441 g/mol. The molecule has 1 aromatic heterocycles. The van der Waals surface area contributed by atoms with Crippen molar-refractivity contribution in [3.8, 4) is 0 Å². The van der Waals surface area contributed by atoms with E-state index in [-0.39, 0.29) is 32.4 Å². The zero-order valence-electron chi connectivity index (χ0n) is 15.7. The van der Waals surface area contributed by atoms with Crippen LogP contribution in [0.15, 0.2) is 58.8 Å². The molecule has 0 spiro atoms. The maximum Gasteiger partial charge on any atom is 0.416 e. The highest BCUT2D eigenvalue weighted by Gasteiger charge is 2.33. The molecule has 1 aliphatic heterocycles. The van der Waals surface area contributed by atoms with Gasteiger partial charge in [-0.3, -0.25) is 4.98 Å². The molecule has 30 heavy (non-hydrogen) atoms. The SMILES string of the molecule is O=C(Cc1ccncc1)ON=C1CCN(S(=O)(=O)c2cccc(C(F)(F)F)c2)CC1. The van der Waals surface area contributed by atoms with Crippen molar-refractivity contribution in [2.24, 2.45) is 5.16 Å². The van der Waals surface area contributed by atoms with Crippen molar-refractivity contribution in [1.29, 1.82) is 0 Å². The molecule has 1 aliphatic rings. The van der Waals surface area contributed by atoms with Gasteiger partial charge in [0, 0.05) is 38.3 Å². The molecule has 2 heterocycles. The van der Waals surface area contributed by atoms with Gasteiger partial charge in [-0.2, -0.15) is 17.5 Å². The Labute approximate surface area is 171 Å². The van der Waals surface area contributed by atoms with Crippen molar-refractivity contribution in [1.82, 2.24) is 9.29 Å². The Morgan fingerprint density at radius 3 is 2.43 bits per heavy atom. The summed E-state index contributed by atoms with van der Waals surface area (Å²) in [4.78, 5) is 20.1. The van der Waals surface area contributed by atoms with Crippen molar-refractivity contribution in [2.45, 2.75) is 30.3 Å². The predicted molar refractivity (Wildman–Crippen MR) is 101 cm³/mol. The maximum absolute atomic E-state index is 12.9. The normalized spacial score (nSPS) is 15.6. The first-order valence-electron chi connectivity index (χ1n) is 8.98. The number of rotatable bonds is 5. The Morgan fingerprint density at radius 1 is 1.13 bits per heavy atom. The van der Waals surface area contributed by atoms with Crippen LogP contribution in [0.25, 0.3) is 0 Å². The number of alkyl halides is 3. The van der Waals surface area contributed by atoms with Crippen molar-refractivity contribution in [3.05, 3.63) is 59.9 Å². The number of nitrogens with zero attached hydrogens (tertiary/aromatic N) is 3. The number of benzene rings is 1. The van der Waals surface area contributed by atoms with E-state index in [1.54, 1.807) is 24.5 Å². The lowest BCUT2D eigenvalue weighted by molar-refractivity contribution is -0.143. The van der Waals surface area contributed by atoms with Crippen LogP contribution in [0.2, 0.25) is 0 Å². The summed E-state index contributed by atoms with van der Waals surface area (Å²) in [5, 5.41) is 3.80. The minimum absolute atomic E-state index is 0.0232. The lowest BCUT2D eigenvalue weighted by Crippen LogP contribution is -2.38. The summed E-state index contributed by atoms with van der Waals surface area (Å²) in [6, 6.07) is 6.99. The quantitative estimate of drug-likeness (QED) is 0.526. The molecule has 2 aromatic rings. The molecule has 0 N–H and O–H groups in total. The van der Waals surface area contributed by atoms with E-state index in [2.05, 4.69) is 10.1 Å². The Kier molecular flexibility index (Phi) is 6.52. The van der Waals surface area contributed by atoms with Crippen molar-refractivity contribution >= 4 is 21.7 Å². The number of halogens is 3. The van der Waals surface area contributed by atoms with Crippen LogP contribution < -0.4 is 0 Å². The molecule has 0 saturated carbocycles. The van der Waals surface area contributed by atoms with Crippen molar-refractivity contribution in [3.63, 3.8) is 0 Å². The van der Waals surface area contributed by atoms with Crippen LogP contribution in [0.3, 0.4) is 0 Å². The van der Waals surface area contributed by atoms with Gasteiger partial charge in [0.05, 0.1) is 22.6 Å². The van der Waals surface area contributed by atoms with Gasteiger partial charge in [0.2, 0.25) is 10.0 Å². The van der Waals surface area contributed by atoms with E-state index in [4.69, 9.17) is 4.84 Å². The van der Waals surface area contributed by atoms with Crippen LogP contribution in [0, 0.1) is 0 Å². The van der Waals surface area contributed by atoms with Gasteiger partial charge in [0.1, 0.15) is 0 Å². The second-order valence-corrected chi connectivity index (χ2v) is 8.52. The van der Waals surface area contributed by atoms with E-state index < -0.39 is 32.6 Å². The third-order valence-corrected chi connectivity index (χ3v) is 6.37. The number of hydrogen-bond donors (Lipinski definition) is 0. The van der Waals surface area contributed by atoms with Gasteiger partial charge in [0.25, 0.3) is 0 Å². The van der Waals surface area contributed by atoms with E-state index in [1.807, 2.05) is 0 Å². The largest absolute Gasteiger partial charge is 0.416 e. The van der Waals surface area contributed by atoms with Crippen LogP contribution in [0.1, 0.15) is 24.0 Å². The third-order valence-electron chi connectivity index (χ3n) is 4.47. The fourth-order valence-corrected chi connectivity index (χ4v) is 4.36. The summed E-state index contributed by atoms with van der Waals surface area (Å²) in [5.74, 6) is -0.562. The van der Waals surface area contributed by atoms with E-state index in [1.165, 1.54) is 0 Å². The van der Waals surface area contributed by atoms with Crippen LogP contribution in [0.4, 0.5) is 13.2 Å². The van der Waals surface area contributed by atoms with Gasteiger partial charge in [-0.1, -0.05) is 11.2 Å². The van der Waals surface area contributed by atoms with Crippen LogP contribution in [0.5, 0.6) is 0 Å². The summed E-state index contributed by atoms with van der Waals surface area (Å²) in [6.45, 7) is 0.0542. The molecule has 7 nitrogen and oxygen atoms in total. The highest BCUT2D eigenvalue weighted by Crippen LogP contribution is 2.31. The zero-order valence-corrected chi connectivity index (χ0v) is 16.5. The summed E-state index contributed by atoms with van der Waals surface area (Å²) in [5.41, 5.74) is 0.203. The average Bonchev–Trinajstić information content (AvgIpc) is 2.73. The van der Waals surface area contributed by atoms with Crippen LogP contribution in [-0.2, 0) is 32.3 Å². The molecule has 1 saturated heterocycles. The number of carbonyl (C=O) groups excluding carboxylic acids is 1. The summed E-state index contributed by atoms with van der Waals surface area (Å²) >= 11 is 0. The highest BCUT2D eigenvalue weighted by atomic mass is 32.2. The fourth-order valence-electron chi connectivity index (χ4n) is 2.87. The molecule has 1 aromatic carbocycles. The van der Waals surface area contributed by atoms with Crippen molar-refractivity contribution in [2.75, 3.05) is 13.1 Å². The molecule has 11 heteroatoms. The number of sulfonamides is 1. The van der Waals surface area contributed by atoms with E-state index in [0.717, 1.165) is 28.1 Å². The molecule has 0 radical (unpaired) electrons. The number of hydrogen-bond acceptors (Lipinski definition) is 6. The first-order valence-corrected chi connectivity index (χ1v) is 10.4. The van der Waals surface area contributed by atoms with Crippen LogP contribution >= 0.6 is 0 Å². The molecular formula is C19H18F3N3O4S. The van der Waals surface area contributed by atoms with Gasteiger partial charge < -0.3 is 4.84 Å². The second kappa shape index (κ2) is 8.92. The fraction of sp³-hybridized carbons (Fsp3) is 0.316. The average molecular weight is 441 g/mol. The first kappa shape index (κ1) is 21.9. The lowest BCUT2D eigenvalue weighted by atomic mass is 10.1. The number of piperidine rings is 1. The smallest absolute Gasteiger partial charge is 0.318 e. The summed E-state index contributed by atoms with van der Waals surface area (Å²) in [6.07, 6.45) is -1.09. The van der Waals surface area contributed by atoms with Gasteiger partial charge in [-0.15, -0.1) is 0 Å². The number of aromatic nitrogens is 1. The summed E-state index contributed by atoms with van der Waals surface area (Å²) in [7, 11) is -4.08. The molecule has 160 valence electrons. The number of carbonyl (C=O) groups is 1. The standard InChI is InChI=1S/C19H18F3N3O4S/c20-19(21,22)15-2-1-3-17(13-15)30(27,28)25-10-6-16(7-11-25)24-29-18(26)12-14-4-8-23-9-5-14/h1-5,8-9,13H,6-7,10-12H2. The van der Waals surface area contributed by atoms with Gasteiger partial charge in [-0.05, 0) is 35.9 Å². The maximum atomic E-state index is 12.9. The Morgan fingerprint density at radius 2 is 1.80 bits per heavy atom. The first-order chi connectivity index (χ1) is 14.2. The van der Waals surface area contributed by atoms with Gasteiger partial charge in [0.15, 0.2) is 0 Å². The zero-order chi connectivity index (χ0) is 21.8.